The van der Waals surface area contributed by atoms with Crippen LogP contribution in [0, 0.1) is 0 Å². The van der Waals surface area contributed by atoms with Crippen molar-refractivity contribution in [3.63, 3.8) is 0 Å². The van der Waals surface area contributed by atoms with E-state index in [-0.39, 0.29) is 18.1 Å². The largest absolute Gasteiger partial charge is 0.334 e. The average molecular weight is 243 g/mol. The van der Waals surface area contributed by atoms with Crippen molar-refractivity contribution in [2.24, 2.45) is 0 Å². The second-order valence-corrected chi connectivity index (χ2v) is 4.32. The fourth-order valence-electron chi connectivity index (χ4n) is 1.73. The molecule has 0 aromatic rings. The SMILES string of the molecule is CC1NC(=O)NC1CCCCCC=O.CNC. The first-order valence-electron chi connectivity index (χ1n) is 6.24. The van der Waals surface area contributed by atoms with E-state index < -0.39 is 0 Å². The van der Waals surface area contributed by atoms with Gasteiger partial charge in [0.1, 0.15) is 6.29 Å². The van der Waals surface area contributed by atoms with E-state index >= 15 is 0 Å². The van der Waals surface area contributed by atoms with Gasteiger partial charge in [0.25, 0.3) is 0 Å². The molecule has 0 spiro atoms. The molecule has 3 N–H and O–H groups in total. The molecule has 0 aromatic carbocycles. The Kier molecular flexibility index (Phi) is 9.43. The highest BCUT2D eigenvalue weighted by Gasteiger charge is 2.26. The van der Waals surface area contributed by atoms with Crippen LogP contribution >= 0.6 is 0 Å². The molecule has 1 rings (SSSR count). The normalized spacial score (nSPS) is 22.2. The lowest BCUT2D eigenvalue weighted by atomic mass is 10.0. The fourth-order valence-corrected chi connectivity index (χ4v) is 1.73. The van der Waals surface area contributed by atoms with Gasteiger partial charge in [-0.3, -0.25) is 0 Å². The summed E-state index contributed by atoms with van der Waals surface area (Å²) in [6, 6.07) is 0.433. The third-order valence-corrected chi connectivity index (χ3v) is 2.62. The maximum absolute atomic E-state index is 10.9. The second kappa shape index (κ2) is 10.1. The number of urea groups is 1. The summed E-state index contributed by atoms with van der Waals surface area (Å²) in [5.41, 5.74) is 0. The molecule has 0 radical (unpaired) electrons. The van der Waals surface area contributed by atoms with Crippen LogP contribution < -0.4 is 16.0 Å². The molecule has 1 saturated heterocycles. The molecule has 2 amide bonds. The Morgan fingerprint density at radius 3 is 2.35 bits per heavy atom. The van der Waals surface area contributed by atoms with Crippen molar-refractivity contribution in [3.05, 3.63) is 0 Å². The number of carbonyl (C=O) groups is 2. The number of amides is 2. The van der Waals surface area contributed by atoms with Gasteiger partial charge in [0, 0.05) is 12.5 Å². The fraction of sp³-hybridized carbons (Fsp3) is 0.833. The zero-order valence-corrected chi connectivity index (χ0v) is 11.1. The molecule has 1 fully saturated rings. The summed E-state index contributed by atoms with van der Waals surface area (Å²) in [7, 11) is 3.75. The van der Waals surface area contributed by atoms with Crippen LogP contribution in [0.1, 0.15) is 39.0 Å². The first-order chi connectivity index (χ1) is 8.15. The third-order valence-electron chi connectivity index (χ3n) is 2.62. The highest BCUT2D eigenvalue weighted by Crippen LogP contribution is 2.10. The molecule has 1 aliphatic rings. The molecule has 1 heterocycles. The predicted molar refractivity (Wildman–Crippen MR) is 69.1 cm³/mol. The van der Waals surface area contributed by atoms with Crippen molar-refractivity contribution in [1.29, 1.82) is 0 Å². The van der Waals surface area contributed by atoms with Gasteiger partial charge in [-0.2, -0.15) is 0 Å². The minimum Gasteiger partial charge on any atom is -0.334 e. The van der Waals surface area contributed by atoms with Crippen LogP contribution in [0.15, 0.2) is 0 Å². The Balaban J connectivity index is 0.000000770. The highest BCUT2D eigenvalue weighted by molar-refractivity contribution is 5.77. The van der Waals surface area contributed by atoms with E-state index in [0.29, 0.717) is 6.42 Å². The number of hydrogen-bond donors (Lipinski definition) is 3. The van der Waals surface area contributed by atoms with E-state index in [1.807, 2.05) is 21.0 Å². The molecular formula is C12H25N3O2. The maximum atomic E-state index is 10.9. The lowest BCUT2D eigenvalue weighted by molar-refractivity contribution is -0.107. The molecule has 1 aliphatic heterocycles. The van der Waals surface area contributed by atoms with E-state index in [0.717, 1.165) is 32.0 Å². The minimum absolute atomic E-state index is 0.0598. The van der Waals surface area contributed by atoms with E-state index in [1.54, 1.807) is 0 Å². The monoisotopic (exact) mass is 243 g/mol. The standard InChI is InChI=1S/C10H18N2O2.C2H7N/c1-8-9(12-10(14)11-8)6-4-2-3-5-7-13;1-3-2/h7-9H,2-6H2,1H3,(H2,11,12,14);3H,1-2H3. The van der Waals surface area contributed by atoms with Gasteiger partial charge >= 0.3 is 6.03 Å². The lowest BCUT2D eigenvalue weighted by Gasteiger charge is -2.13. The van der Waals surface area contributed by atoms with Crippen molar-refractivity contribution >= 4 is 12.3 Å². The van der Waals surface area contributed by atoms with Gasteiger partial charge in [-0.25, -0.2) is 4.79 Å². The van der Waals surface area contributed by atoms with Crippen molar-refractivity contribution in [2.75, 3.05) is 14.1 Å². The molecule has 17 heavy (non-hydrogen) atoms. The number of aldehydes is 1. The van der Waals surface area contributed by atoms with E-state index in [1.165, 1.54) is 0 Å². The van der Waals surface area contributed by atoms with Gasteiger partial charge in [-0.05, 0) is 33.9 Å². The Labute approximate surface area is 104 Å². The average Bonchev–Trinajstić information content (AvgIpc) is 2.58. The van der Waals surface area contributed by atoms with Crippen LogP contribution in [0.4, 0.5) is 4.79 Å². The first kappa shape index (κ1) is 15.9. The third kappa shape index (κ3) is 7.74. The van der Waals surface area contributed by atoms with Crippen LogP contribution in [-0.2, 0) is 4.79 Å². The van der Waals surface area contributed by atoms with Crippen LogP contribution in [0.5, 0.6) is 0 Å². The van der Waals surface area contributed by atoms with Crippen molar-refractivity contribution < 1.29 is 9.59 Å². The van der Waals surface area contributed by atoms with Crippen molar-refractivity contribution in [3.8, 4) is 0 Å². The number of unbranched alkanes of at least 4 members (excludes halogenated alkanes) is 3. The molecule has 0 aliphatic carbocycles. The molecule has 0 bridgehead atoms. The van der Waals surface area contributed by atoms with Gasteiger partial charge in [-0.15, -0.1) is 0 Å². The summed E-state index contributed by atoms with van der Waals surface area (Å²) in [4.78, 5) is 21.0. The topological polar surface area (TPSA) is 70.2 Å². The van der Waals surface area contributed by atoms with E-state index in [2.05, 4.69) is 16.0 Å². The Hall–Kier alpha value is -1.10. The van der Waals surface area contributed by atoms with Gasteiger partial charge in [0.15, 0.2) is 0 Å². The van der Waals surface area contributed by atoms with Gasteiger partial charge < -0.3 is 20.7 Å². The Bertz CT molecular complexity index is 222. The lowest BCUT2D eigenvalue weighted by Crippen LogP contribution is -2.30. The van der Waals surface area contributed by atoms with Gasteiger partial charge in [0.2, 0.25) is 0 Å². The van der Waals surface area contributed by atoms with Crippen LogP contribution in [0.2, 0.25) is 0 Å². The smallest absolute Gasteiger partial charge is 0.315 e. The minimum atomic E-state index is -0.0598. The molecule has 0 saturated carbocycles. The van der Waals surface area contributed by atoms with Crippen LogP contribution in [0.3, 0.4) is 0 Å². The summed E-state index contributed by atoms with van der Waals surface area (Å²) in [5, 5.41) is 8.44. The Morgan fingerprint density at radius 1 is 1.24 bits per heavy atom. The molecule has 2 unspecified atom stereocenters. The number of nitrogens with one attached hydrogen (secondary N) is 3. The zero-order valence-electron chi connectivity index (χ0n) is 11.1. The first-order valence-corrected chi connectivity index (χ1v) is 6.24. The molecule has 5 heteroatoms. The highest BCUT2D eigenvalue weighted by atomic mass is 16.2. The quantitative estimate of drug-likeness (QED) is 0.482. The van der Waals surface area contributed by atoms with E-state index in [9.17, 15) is 9.59 Å². The molecule has 5 nitrogen and oxygen atoms in total. The number of carbonyl (C=O) groups excluding carboxylic acids is 2. The molecule has 0 aromatic heterocycles. The van der Waals surface area contributed by atoms with Crippen LogP contribution in [-0.4, -0.2) is 38.5 Å². The zero-order chi connectivity index (χ0) is 13.1. The van der Waals surface area contributed by atoms with Crippen molar-refractivity contribution in [1.82, 2.24) is 16.0 Å². The van der Waals surface area contributed by atoms with E-state index in [4.69, 9.17) is 0 Å². The maximum Gasteiger partial charge on any atom is 0.315 e. The summed E-state index contributed by atoms with van der Waals surface area (Å²) < 4.78 is 0. The summed E-state index contributed by atoms with van der Waals surface area (Å²) in [5.74, 6) is 0. The number of rotatable bonds is 6. The van der Waals surface area contributed by atoms with Crippen molar-refractivity contribution in [2.45, 2.75) is 51.1 Å². The van der Waals surface area contributed by atoms with Gasteiger partial charge in [-0.1, -0.05) is 12.8 Å². The molecule has 2 atom stereocenters. The second-order valence-electron chi connectivity index (χ2n) is 4.32. The van der Waals surface area contributed by atoms with Gasteiger partial charge in [0.05, 0.1) is 6.04 Å². The summed E-state index contributed by atoms with van der Waals surface area (Å²) in [6.07, 6.45) is 5.72. The predicted octanol–water partition coefficient (Wildman–Crippen LogP) is 1.04. The molecule has 100 valence electrons. The Morgan fingerprint density at radius 2 is 1.88 bits per heavy atom. The van der Waals surface area contributed by atoms with Crippen LogP contribution in [0.25, 0.3) is 0 Å². The number of hydrogen-bond acceptors (Lipinski definition) is 3. The summed E-state index contributed by atoms with van der Waals surface area (Å²) in [6.45, 7) is 2.01. The molecular weight excluding hydrogens is 218 g/mol. The summed E-state index contributed by atoms with van der Waals surface area (Å²) >= 11 is 0.